The quantitative estimate of drug-likeness (QED) is 0.256. The predicted molar refractivity (Wildman–Crippen MR) is 131 cm³/mol. The van der Waals surface area contributed by atoms with E-state index in [9.17, 15) is 4.39 Å². The highest BCUT2D eigenvalue weighted by Gasteiger charge is 2.10. The first-order valence-corrected chi connectivity index (χ1v) is 11.8. The SMILES string of the molecule is CCCCc1cnc(CCc2ccc3c(F)c(CCc4ccc(Cl)c(F)c4)ccc3c2)nc1. The Morgan fingerprint density at radius 1 is 0.758 bits per heavy atom. The molecule has 1 heterocycles. The molecule has 0 aliphatic carbocycles. The summed E-state index contributed by atoms with van der Waals surface area (Å²) >= 11 is 5.74. The van der Waals surface area contributed by atoms with E-state index in [4.69, 9.17) is 11.6 Å². The van der Waals surface area contributed by atoms with Crippen molar-refractivity contribution in [3.8, 4) is 0 Å². The molecule has 0 spiro atoms. The number of fused-ring (bicyclic) bond motifs is 1. The van der Waals surface area contributed by atoms with E-state index in [1.54, 1.807) is 6.07 Å². The van der Waals surface area contributed by atoms with E-state index in [1.807, 2.05) is 42.7 Å². The molecule has 4 rings (SSSR count). The topological polar surface area (TPSA) is 25.8 Å². The van der Waals surface area contributed by atoms with Crippen molar-refractivity contribution in [2.24, 2.45) is 0 Å². The van der Waals surface area contributed by atoms with Gasteiger partial charge in [-0.1, -0.05) is 61.3 Å². The van der Waals surface area contributed by atoms with Crippen LogP contribution in [0.3, 0.4) is 0 Å². The Kier molecular flexibility index (Phi) is 7.66. The van der Waals surface area contributed by atoms with Gasteiger partial charge in [0.05, 0.1) is 5.02 Å². The molecule has 4 aromatic rings. The van der Waals surface area contributed by atoms with E-state index < -0.39 is 5.82 Å². The van der Waals surface area contributed by atoms with E-state index in [0.717, 1.165) is 54.4 Å². The maximum Gasteiger partial charge on any atom is 0.142 e. The van der Waals surface area contributed by atoms with Gasteiger partial charge in [0.25, 0.3) is 0 Å². The van der Waals surface area contributed by atoms with Gasteiger partial charge in [0.1, 0.15) is 17.5 Å². The van der Waals surface area contributed by atoms with Crippen LogP contribution < -0.4 is 0 Å². The van der Waals surface area contributed by atoms with Crippen molar-refractivity contribution in [1.82, 2.24) is 9.97 Å². The molecular weight excluding hydrogens is 438 g/mol. The Labute approximate surface area is 198 Å². The van der Waals surface area contributed by atoms with E-state index in [0.29, 0.717) is 23.8 Å². The average Bonchev–Trinajstić information content (AvgIpc) is 2.83. The standard InChI is InChI=1S/C28H27ClF2N2/c1-2-3-4-21-17-32-27(33-18-21)14-8-19-6-12-24-23(15-19)11-10-22(28(24)31)9-5-20-7-13-25(29)26(30)16-20/h6-7,10-13,15-18H,2-5,8-9,14H2,1H3. The minimum Gasteiger partial charge on any atom is -0.241 e. The van der Waals surface area contributed by atoms with E-state index in [-0.39, 0.29) is 10.8 Å². The van der Waals surface area contributed by atoms with Crippen LogP contribution in [-0.4, -0.2) is 9.97 Å². The van der Waals surface area contributed by atoms with Crippen LogP contribution in [0.15, 0.2) is 60.9 Å². The lowest BCUT2D eigenvalue weighted by atomic mass is 9.98. The lowest BCUT2D eigenvalue weighted by molar-refractivity contribution is 0.617. The number of halogens is 3. The smallest absolute Gasteiger partial charge is 0.142 e. The summed E-state index contributed by atoms with van der Waals surface area (Å²) in [6, 6.07) is 14.4. The Morgan fingerprint density at radius 3 is 2.24 bits per heavy atom. The van der Waals surface area contributed by atoms with Crippen LogP contribution in [0.2, 0.25) is 5.02 Å². The van der Waals surface area contributed by atoms with Crippen LogP contribution in [0.1, 0.15) is 47.8 Å². The second-order valence-corrected chi connectivity index (χ2v) is 8.86. The van der Waals surface area contributed by atoms with Gasteiger partial charge in [-0.2, -0.15) is 0 Å². The number of benzene rings is 3. The zero-order chi connectivity index (χ0) is 23.2. The molecule has 3 aromatic carbocycles. The van der Waals surface area contributed by atoms with Gasteiger partial charge in [0.2, 0.25) is 0 Å². The van der Waals surface area contributed by atoms with Gasteiger partial charge in [-0.15, -0.1) is 0 Å². The number of nitrogens with zero attached hydrogens (tertiary/aromatic N) is 2. The van der Waals surface area contributed by atoms with E-state index >= 15 is 4.39 Å². The summed E-state index contributed by atoms with van der Waals surface area (Å²) in [5.41, 5.74) is 3.73. The molecule has 0 unspecified atom stereocenters. The van der Waals surface area contributed by atoms with Crippen LogP contribution in [0.25, 0.3) is 10.8 Å². The van der Waals surface area contributed by atoms with Gasteiger partial charge >= 0.3 is 0 Å². The van der Waals surface area contributed by atoms with Crippen molar-refractivity contribution in [2.75, 3.05) is 0 Å². The maximum atomic E-state index is 15.1. The summed E-state index contributed by atoms with van der Waals surface area (Å²) in [7, 11) is 0. The van der Waals surface area contributed by atoms with Crippen LogP contribution in [0.5, 0.6) is 0 Å². The first-order valence-electron chi connectivity index (χ1n) is 11.5. The van der Waals surface area contributed by atoms with Crippen molar-refractivity contribution in [3.63, 3.8) is 0 Å². The number of hydrogen-bond donors (Lipinski definition) is 0. The molecule has 33 heavy (non-hydrogen) atoms. The summed E-state index contributed by atoms with van der Waals surface area (Å²) in [5, 5.41) is 1.58. The number of aryl methyl sites for hydroxylation is 5. The summed E-state index contributed by atoms with van der Waals surface area (Å²) < 4.78 is 28.8. The third-order valence-electron chi connectivity index (χ3n) is 5.98. The predicted octanol–water partition coefficient (Wildman–Crippen LogP) is 7.47. The van der Waals surface area contributed by atoms with Crippen molar-refractivity contribution in [2.45, 2.75) is 51.9 Å². The third kappa shape index (κ3) is 5.94. The Hall–Kier alpha value is -2.85. The molecule has 0 N–H and O–H groups in total. The molecule has 5 heteroatoms. The van der Waals surface area contributed by atoms with Crippen molar-refractivity contribution < 1.29 is 8.78 Å². The second-order valence-electron chi connectivity index (χ2n) is 8.45. The molecule has 2 nitrogen and oxygen atoms in total. The third-order valence-corrected chi connectivity index (χ3v) is 6.29. The lowest BCUT2D eigenvalue weighted by Crippen LogP contribution is -2.00. The zero-order valence-electron chi connectivity index (χ0n) is 18.8. The average molecular weight is 465 g/mol. The van der Waals surface area contributed by atoms with Gasteiger partial charge in [-0.05, 0) is 71.9 Å². The van der Waals surface area contributed by atoms with Gasteiger partial charge in [-0.3, -0.25) is 0 Å². The Bertz CT molecular complexity index is 1240. The minimum atomic E-state index is -0.446. The number of aromatic nitrogens is 2. The number of hydrogen-bond acceptors (Lipinski definition) is 2. The molecule has 170 valence electrons. The second kappa shape index (κ2) is 10.8. The lowest BCUT2D eigenvalue weighted by Gasteiger charge is -2.09. The minimum absolute atomic E-state index is 0.0991. The Balaban J connectivity index is 1.41. The van der Waals surface area contributed by atoms with Crippen LogP contribution in [0.4, 0.5) is 8.78 Å². The first kappa shape index (κ1) is 23.3. The number of unbranched alkanes of at least 4 members (excludes halogenated alkanes) is 1. The fourth-order valence-corrected chi connectivity index (χ4v) is 4.10. The van der Waals surface area contributed by atoms with Crippen molar-refractivity contribution in [1.29, 1.82) is 0 Å². The largest absolute Gasteiger partial charge is 0.241 e. The molecule has 1 aromatic heterocycles. The highest BCUT2D eigenvalue weighted by molar-refractivity contribution is 6.30. The number of rotatable bonds is 9. The maximum absolute atomic E-state index is 15.1. The summed E-state index contributed by atoms with van der Waals surface area (Å²) in [6.45, 7) is 2.18. The first-order chi connectivity index (χ1) is 16.0. The van der Waals surface area contributed by atoms with Gasteiger partial charge in [0.15, 0.2) is 0 Å². The molecule has 0 aliphatic rings. The fraction of sp³-hybridized carbons (Fsp3) is 0.286. The normalized spacial score (nSPS) is 11.3. The van der Waals surface area contributed by atoms with Crippen LogP contribution in [-0.2, 0) is 32.1 Å². The molecule has 0 aliphatic heterocycles. The summed E-state index contributed by atoms with van der Waals surface area (Å²) in [6.07, 6.45) is 9.77. The molecule has 0 saturated carbocycles. The van der Waals surface area contributed by atoms with Crippen molar-refractivity contribution >= 4 is 22.4 Å². The Morgan fingerprint density at radius 2 is 1.48 bits per heavy atom. The highest BCUT2D eigenvalue weighted by atomic mass is 35.5. The van der Waals surface area contributed by atoms with Gasteiger partial charge in [0, 0.05) is 24.2 Å². The molecule has 0 atom stereocenters. The molecular formula is C28H27ClF2N2. The molecule has 0 fully saturated rings. The molecule has 0 saturated heterocycles. The van der Waals surface area contributed by atoms with Gasteiger partial charge < -0.3 is 0 Å². The highest BCUT2D eigenvalue weighted by Crippen LogP contribution is 2.25. The van der Waals surface area contributed by atoms with Crippen LogP contribution >= 0.6 is 11.6 Å². The van der Waals surface area contributed by atoms with E-state index in [1.165, 1.54) is 17.7 Å². The van der Waals surface area contributed by atoms with Crippen molar-refractivity contribution in [3.05, 3.63) is 106 Å². The monoisotopic (exact) mass is 464 g/mol. The summed E-state index contributed by atoms with van der Waals surface area (Å²) in [4.78, 5) is 8.98. The fourth-order valence-electron chi connectivity index (χ4n) is 3.99. The molecule has 0 radical (unpaired) electrons. The van der Waals surface area contributed by atoms with Gasteiger partial charge in [-0.25, -0.2) is 18.7 Å². The summed E-state index contributed by atoms with van der Waals surface area (Å²) in [5.74, 6) is 0.175. The van der Waals surface area contributed by atoms with E-state index in [2.05, 4.69) is 16.9 Å². The van der Waals surface area contributed by atoms with Crippen LogP contribution in [0, 0.1) is 11.6 Å². The molecule has 0 amide bonds. The zero-order valence-corrected chi connectivity index (χ0v) is 19.5. The molecule has 0 bridgehead atoms.